The maximum absolute atomic E-state index is 10.4. The van der Waals surface area contributed by atoms with Crippen LogP contribution in [0.4, 0.5) is 0 Å². The molecule has 0 saturated heterocycles. The van der Waals surface area contributed by atoms with Crippen molar-refractivity contribution in [3.8, 4) is 0 Å². The van der Waals surface area contributed by atoms with Gasteiger partial charge in [0.1, 0.15) is 6.29 Å². The summed E-state index contributed by atoms with van der Waals surface area (Å²) in [6.45, 7) is 3.86. The summed E-state index contributed by atoms with van der Waals surface area (Å²) in [7, 11) is 0. The van der Waals surface area contributed by atoms with E-state index in [1.807, 2.05) is 13.8 Å². The summed E-state index contributed by atoms with van der Waals surface area (Å²) in [6, 6.07) is 0. The van der Waals surface area contributed by atoms with E-state index in [2.05, 4.69) is 0 Å². The van der Waals surface area contributed by atoms with Crippen molar-refractivity contribution in [2.45, 2.75) is 20.3 Å². The van der Waals surface area contributed by atoms with Gasteiger partial charge in [-0.3, -0.25) is 4.79 Å². The molecule has 0 amide bonds. The maximum Gasteiger partial charge on any atom is 0.303 e. The van der Waals surface area contributed by atoms with E-state index in [-0.39, 0.29) is 23.7 Å². The predicted molar refractivity (Wildman–Crippen MR) is 39.1 cm³/mol. The number of carboxylic acids is 1. The fourth-order valence-corrected chi connectivity index (χ4v) is 1.63. The van der Waals surface area contributed by atoms with Gasteiger partial charge in [-0.25, -0.2) is 0 Å². The van der Waals surface area contributed by atoms with Crippen molar-refractivity contribution >= 4 is 12.3 Å². The molecule has 1 fully saturated rings. The summed E-state index contributed by atoms with van der Waals surface area (Å²) in [6.07, 6.45) is 0.990. The van der Waals surface area contributed by atoms with Gasteiger partial charge in [0.25, 0.3) is 0 Å². The first-order chi connectivity index (χ1) is 5.00. The Morgan fingerprint density at radius 3 is 2.45 bits per heavy atom. The van der Waals surface area contributed by atoms with Crippen molar-refractivity contribution in [1.82, 2.24) is 0 Å². The van der Waals surface area contributed by atoms with Crippen molar-refractivity contribution in [1.29, 1.82) is 0 Å². The lowest BCUT2D eigenvalue weighted by molar-refractivity contribution is -0.137. The molecule has 0 aromatic rings. The van der Waals surface area contributed by atoms with E-state index in [9.17, 15) is 9.59 Å². The molecule has 1 aliphatic carbocycles. The van der Waals surface area contributed by atoms with Gasteiger partial charge in [0.2, 0.25) is 0 Å². The molecule has 0 aromatic carbocycles. The summed E-state index contributed by atoms with van der Waals surface area (Å²) in [5, 5.41) is 8.45. The van der Waals surface area contributed by atoms with Gasteiger partial charge in [-0.05, 0) is 11.3 Å². The van der Waals surface area contributed by atoms with Gasteiger partial charge in [-0.1, -0.05) is 13.8 Å². The van der Waals surface area contributed by atoms with Gasteiger partial charge < -0.3 is 9.90 Å². The molecule has 3 heteroatoms. The Balaban J connectivity index is 2.52. The highest BCUT2D eigenvalue weighted by Crippen LogP contribution is 2.58. The number of carbonyl (C=O) groups is 2. The van der Waals surface area contributed by atoms with Gasteiger partial charge in [-0.2, -0.15) is 0 Å². The van der Waals surface area contributed by atoms with E-state index in [0.29, 0.717) is 0 Å². The smallest absolute Gasteiger partial charge is 0.303 e. The second-order valence-corrected chi connectivity index (χ2v) is 3.69. The highest BCUT2D eigenvalue weighted by molar-refractivity contribution is 5.71. The molecule has 0 spiro atoms. The summed E-state index contributed by atoms with van der Waals surface area (Å²) >= 11 is 0. The Kier molecular flexibility index (Phi) is 1.74. The molecule has 3 nitrogen and oxygen atoms in total. The van der Waals surface area contributed by atoms with E-state index in [0.717, 1.165) is 6.29 Å². The van der Waals surface area contributed by atoms with Crippen LogP contribution in [0.1, 0.15) is 20.3 Å². The van der Waals surface area contributed by atoms with Crippen LogP contribution in [0.25, 0.3) is 0 Å². The van der Waals surface area contributed by atoms with Crippen LogP contribution in [0, 0.1) is 17.3 Å². The first kappa shape index (κ1) is 8.24. The van der Waals surface area contributed by atoms with Gasteiger partial charge in [0.15, 0.2) is 0 Å². The van der Waals surface area contributed by atoms with Crippen molar-refractivity contribution in [2.24, 2.45) is 17.3 Å². The number of rotatable bonds is 3. The zero-order valence-electron chi connectivity index (χ0n) is 6.70. The van der Waals surface area contributed by atoms with Crippen molar-refractivity contribution in [3.63, 3.8) is 0 Å². The molecule has 0 heterocycles. The van der Waals surface area contributed by atoms with Crippen molar-refractivity contribution < 1.29 is 14.7 Å². The van der Waals surface area contributed by atoms with Crippen LogP contribution in [-0.4, -0.2) is 17.4 Å². The molecule has 1 saturated carbocycles. The summed E-state index contributed by atoms with van der Waals surface area (Å²) in [5.41, 5.74) is -0.0832. The number of carbonyl (C=O) groups excluding carboxylic acids is 1. The lowest BCUT2D eigenvalue weighted by Gasteiger charge is -1.97. The SMILES string of the molecule is CC1(C)[C@H](C=O)[C@@H]1CC(=O)O. The van der Waals surface area contributed by atoms with Crippen LogP contribution in [0.15, 0.2) is 0 Å². The van der Waals surface area contributed by atoms with Crippen LogP contribution in [0.3, 0.4) is 0 Å². The molecular weight excluding hydrogens is 144 g/mol. The molecule has 62 valence electrons. The fraction of sp³-hybridized carbons (Fsp3) is 0.750. The molecule has 2 atom stereocenters. The van der Waals surface area contributed by atoms with Gasteiger partial charge in [0.05, 0.1) is 0 Å². The molecular formula is C8H12O3. The van der Waals surface area contributed by atoms with Crippen molar-refractivity contribution in [2.75, 3.05) is 0 Å². The first-order valence-electron chi connectivity index (χ1n) is 3.67. The quantitative estimate of drug-likeness (QED) is 0.618. The number of hydrogen-bond acceptors (Lipinski definition) is 2. The zero-order valence-corrected chi connectivity index (χ0v) is 6.70. The third kappa shape index (κ3) is 1.27. The Morgan fingerprint density at radius 2 is 2.18 bits per heavy atom. The topological polar surface area (TPSA) is 54.4 Å². The Hall–Kier alpha value is -0.860. The lowest BCUT2D eigenvalue weighted by atomic mass is 10.1. The summed E-state index contributed by atoms with van der Waals surface area (Å²) < 4.78 is 0. The number of aliphatic carboxylic acids is 1. The maximum atomic E-state index is 10.4. The molecule has 0 aromatic heterocycles. The Labute approximate surface area is 65.4 Å². The van der Waals surface area contributed by atoms with E-state index in [4.69, 9.17) is 5.11 Å². The predicted octanol–water partition coefficient (Wildman–Crippen LogP) is 0.932. The Morgan fingerprint density at radius 1 is 1.64 bits per heavy atom. The third-order valence-corrected chi connectivity index (χ3v) is 2.68. The molecule has 0 bridgehead atoms. The molecule has 1 rings (SSSR count). The third-order valence-electron chi connectivity index (χ3n) is 2.68. The van der Waals surface area contributed by atoms with Gasteiger partial charge in [-0.15, -0.1) is 0 Å². The minimum atomic E-state index is -0.813. The van der Waals surface area contributed by atoms with Crippen molar-refractivity contribution in [3.05, 3.63) is 0 Å². The second-order valence-electron chi connectivity index (χ2n) is 3.69. The van der Waals surface area contributed by atoms with Gasteiger partial charge in [0, 0.05) is 12.3 Å². The van der Waals surface area contributed by atoms with Crippen LogP contribution in [0.5, 0.6) is 0 Å². The highest BCUT2D eigenvalue weighted by atomic mass is 16.4. The van der Waals surface area contributed by atoms with Crippen LogP contribution in [-0.2, 0) is 9.59 Å². The molecule has 1 aliphatic rings. The molecule has 0 unspecified atom stereocenters. The fourth-order valence-electron chi connectivity index (χ4n) is 1.63. The van der Waals surface area contributed by atoms with Gasteiger partial charge >= 0.3 is 5.97 Å². The molecule has 1 N–H and O–H groups in total. The number of aldehydes is 1. The highest BCUT2D eigenvalue weighted by Gasteiger charge is 2.58. The zero-order chi connectivity index (χ0) is 8.65. The van der Waals surface area contributed by atoms with E-state index in [1.54, 1.807) is 0 Å². The standard InChI is InChI=1S/C8H12O3/c1-8(2)5(3-7(10)11)6(8)4-9/h4-6H,3H2,1-2H3,(H,10,11)/t5-,6+/m0/s1. The van der Waals surface area contributed by atoms with Crippen LogP contribution >= 0.6 is 0 Å². The Bertz CT molecular complexity index is 196. The molecule has 0 radical (unpaired) electrons. The number of carboxylic acid groups (broad SMARTS) is 1. The minimum Gasteiger partial charge on any atom is -0.481 e. The lowest BCUT2D eigenvalue weighted by Crippen LogP contribution is -1.99. The van der Waals surface area contributed by atoms with E-state index < -0.39 is 5.97 Å². The van der Waals surface area contributed by atoms with E-state index in [1.165, 1.54) is 0 Å². The summed E-state index contributed by atoms with van der Waals surface area (Å²) in [4.78, 5) is 20.7. The van der Waals surface area contributed by atoms with E-state index >= 15 is 0 Å². The summed E-state index contributed by atoms with van der Waals surface area (Å²) in [5.74, 6) is -0.802. The average molecular weight is 156 g/mol. The second kappa shape index (κ2) is 2.32. The monoisotopic (exact) mass is 156 g/mol. The molecule has 0 aliphatic heterocycles. The largest absolute Gasteiger partial charge is 0.481 e. The molecule has 11 heavy (non-hydrogen) atoms. The number of hydrogen-bond donors (Lipinski definition) is 1. The average Bonchev–Trinajstić information content (AvgIpc) is 2.33. The van der Waals surface area contributed by atoms with Crippen LogP contribution in [0.2, 0.25) is 0 Å². The normalized spacial score (nSPS) is 32.9. The minimum absolute atomic E-state index is 0.0430. The van der Waals surface area contributed by atoms with Crippen LogP contribution < -0.4 is 0 Å². The first-order valence-corrected chi connectivity index (χ1v) is 3.67.